The molecule has 0 heterocycles. The third kappa shape index (κ3) is 7.19. The van der Waals surface area contributed by atoms with Crippen LogP contribution in [0.25, 0.3) is 0 Å². The maximum atomic E-state index is 13.2. The second kappa shape index (κ2) is 12.0. The monoisotopic (exact) mass is 503 g/mol. The van der Waals surface area contributed by atoms with Gasteiger partial charge in [0.25, 0.3) is 0 Å². The summed E-state index contributed by atoms with van der Waals surface area (Å²) in [5, 5.41) is 6.91. The van der Waals surface area contributed by atoms with Gasteiger partial charge in [0.15, 0.2) is 11.5 Å². The number of ether oxygens (including phenoxy) is 2. The van der Waals surface area contributed by atoms with Crippen LogP contribution in [0.15, 0.2) is 65.8 Å². The number of hydrazone groups is 1. The van der Waals surface area contributed by atoms with E-state index in [9.17, 15) is 14.0 Å². The fourth-order valence-electron chi connectivity index (χ4n) is 2.76. The number of carbonyl (C=O) groups is 2. The molecular formula is C24H20Cl2FN3O4. The molecule has 176 valence electrons. The molecule has 0 aliphatic rings. The average Bonchev–Trinajstić information content (AvgIpc) is 2.79. The number of carbonyl (C=O) groups excluding carboxylic acids is 2. The van der Waals surface area contributed by atoms with E-state index in [2.05, 4.69) is 15.8 Å². The summed E-state index contributed by atoms with van der Waals surface area (Å²) in [4.78, 5) is 23.9. The van der Waals surface area contributed by atoms with Gasteiger partial charge in [0.1, 0.15) is 12.4 Å². The predicted molar refractivity (Wildman–Crippen MR) is 129 cm³/mol. The van der Waals surface area contributed by atoms with Crippen molar-refractivity contribution in [2.75, 3.05) is 11.9 Å². The highest BCUT2D eigenvalue weighted by Gasteiger charge is 2.13. The Balaban J connectivity index is 1.61. The Labute approximate surface area is 205 Å². The second-order valence-corrected chi connectivity index (χ2v) is 7.67. The number of nitrogens with zero attached hydrogens (tertiary/aromatic N) is 1. The van der Waals surface area contributed by atoms with Crippen LogP contribution >= 0.6 is 23.2 Å². The van der Waals surface area contributed by atoms with E-state index < -0.39 is 17.6 Å². The van der Waals surface area contributed by atoms with Crippen molar-refractivity contribution >= 4 is 46.9 Å². The molecule has 2 N–H and O–H groups in total. The highest BCUT2D eigenvalue weighted by molar-refractivity contribution is 6.39. The van der Waals surface area contributed by atoms with Crippen molar-refractivity contribution in [3.63, 3.8) is 0 Å². The number of rotatable bonds is 8. The van der Waals surface area contributed by atoms with Crippen molar-refractivity contribution in [1.29, 1.82) is 0 Å². The molecule has 0 saturated heterocycles. The molecule has 0 aliphatic heterocycles. The van der Waals surface area contributed by atoms with E-state index in [1.807, 2.05) is 6.92 Å². The van der Waals surface area contributed by atoms with E-state index in [1.54, 1.807) is 42.5 Å². The molecular weight excluding hydrogens is 484 g/mol. The van der Waals surface area contributed by atoms with Crippen LogP contribution in [0.5, 0.6) is 11.5 Å². The highest BCUT2D eigenvalue weighted by atomic mass is 35.5. The summed E-state index contributed by atoms with van der Waals surface area (Å²) in [6.07, 6.45) is 1.35. The van der Waals surface area contributed by atoms with Crippen LogP contribution in [-0.4, -0.2) is 24.6 Å². The van der Waals surface area contributed by atoms with Gasteiger partial charge in [0.05, 0.1) is 17.8 Å². The second-order valence-electron chi connectivity index (χ2n) is 6.83. The fourth-order valence-corrected chi connectivity index (χ4v) is 3.17. The Morgan fingerprint density at radius 3 is 2.56 bits per heavy atom. The molecule has 0 spiro atoms. The maximum absolute atomic E-state index is 13.2. The summed E-state index contributed by atoms with van der Waals surface area (Å²) in [7, 11) is 0. The van der Waals surface area contributed by atoms with Gasteiger partial charge < -0.3 is 14.8 Å². The number of hydrogen-bond donors (Lipinski definition) is 2. The lowest BCUT2D eigenvalue weighted by atomic mass is 10.2. The van der Waals surface area contributed by atoms with E-state index in [1.165, 1.54) is 24.4 Å². The van der Waals surface area contributed by atoms with E-state index in [-0.39, 0.29) is 11.6 Å². The van der Waals surface area contributed by atoms with Gasteiger partial charge >= 0.3 is 11.8 Å². The summed E-state index contributed by atoms with van der Waals surface area (Å²) in [6, 6.07) is 15.5. The lowest BCUT2D eigenvalue weighted by Gasteiger charge is -2.13. The van der Waals surface area contributed by atoms with Crippen molar-refractivity contribution < 1.29 is 23.5 Å². The van der Waals surface area contributed by atoms with Crippen molar-refractivity contribution in [2.45, 2.75) is 13.5 Å². The molecule has 0 aliphatic carbocycles. The van der Waals surface area contributed by atoms with Crippen molar-refractivity contribution in [2.24, 2.45) is 5.10 Å². The molecule has 0 atom stereocenters. The van der Waals surface area contributed by atoms with Crippen LogP contribution in [0.3, 0.4) is 0 Å². The molecule has 3 aromatic carbocycles. The molecule has 2 amide bonds. The van der Waals surface area contributed by atoms with Gasteiger partial charge in [-0.2, -0.15) is 5.10 Å². The normalized spacial score (nSPS) is 10.7. The van der Waals surface area contributed by atoms with Crippen LogP contribution in [0.2, 0.25) is 10.0 Å². The van der Waals surface area contributed by atoms with Gasteiger partial charge in [-0.15, -0.1) is 0 Å². The lowest BCUT2D eigenvalue weighted by molar-refractivity contribution is -0.136. The number of amides is 2. The molecule has 34 heavy (non-hydrogen) atoms. The van der Waals surface area contributed by atoms with Crippen LogP contribution in [0.1, 0.15) is 18.1 Å². The summed E-state index contributed by atoms with van der Waals surface area (Å²) < 4.78 is 24.6. The number of benzene rings is 3. The van der Waals surface area contributed by atoms with Gasteiger partial charge in [-0.25, -0.2) is 9.82 Å². The van der Waals surface area contributed by atoms with Gasteiger partial charge in [-0.1, -0.05) is 35.3 Å². The molecule has 10 heteroatoms. The molecule has 3 aromatic rings. The number of nitrogens with one attached hydrogen (secondary N) is 2. The van der Waals surface area contributed by atoms with Crippen LogP contribution in [-0.2, 0) is 16.2 Å². The molecule has 0 radical (unpaired) electrons. The summed E-state index contributed by atoms with van der Waals surface area (Å²) >= 11 is 11.9. The van der Waals surface area contributed by atoms with Gasteiger partial charge in [-0.05, 0) is 61.0 Å². The smallest absolute Gasteiger partial charge is 0.329 e. The van der Waals surface area contributed by atoms with Crippen LogP contribution in [0.4, 0.5) is 10.1 Å². The minimum atomic E-state index is -0.947. The number of hydrogen-bond acceptors (Lipinski definition) is 5. The summed E-state index contributed by atoms with van der Waals surface area (Å²) in [5.41, 5.74) is 3.75. The number of halogens is 3. The van der Waals surface area contributed by atoms with E-state index in [0.29, 0.717) is 39.9 Å². The van der Waals surface area contributed by atoms with E-state index >= 15 is 0 Å². The maximum Gasteiger partial charge on any atom is 0.329 e. The number of anilines is 1. The standard InChI is InChI=1S/C24H20Cl2FN3O4/c1-2-33-22-10-15(6-9-21(22)34-14-16-7-8-18(27)12-20(16)26)13-28-30-24(32)23(31)29-19-5-3-4-17(25)11-19/h3-13H,2,14H2,1H3,(H,29,31)(H,30,32)/b28-13+. The Kier molecular flexibility index (Phi) is 8.84. The zero-order valence-electron chi connectivity index (χ0n) is 18.0. The molecule has 0 unspecified atom stereocenters. The van der Waals surface area contributed by atoms with Gasteiger partial charge in [0, 0.05) is 16.3 Å². The van der Waals surface area contributed by atoms with Crippen LogP contribution < -0.4 is 20.2 Å². The predicted octanol–water partition coefficient (Wildman–Crippen LogP) is 5.20. The quantitative estimate of drug-likeness (QED) is 0.251. The van der Waals surface area contributed by atoms with Crippen molar-refractivity contribution in [3.8, 4) is 11.5 Å². The Bertz CT molecular complexity index is 1220. The SMILES string of the molecule is CCOc1cc(/C=N/NC(=O)C(=O)Nc2cccc(Cl)c2)ccc1OCc1ccc(F)cc1Cl. The Morgan fingerprint density at radius 2 is 1.82 bits per heavy atom. The molecule has 0 fully saturated rings. The van der Waals surface area contributed by atoms with Gasteiger partial charge in [-0.3, -0.25) is 9.59 Å². The molecule has 0 bridgehead atoms. The molecule has 7 nitrogen and oxygen atoms in total. The first-order chi connectivity index (χ1) is 16.4. The van der Waals surface area contributed by atoms with Crippen LogP contribution in [0, 0.1) is 5.82 Å². The summed E-state index contributed by atoms with van der Waals surface area (Å²) in [6.45, 7) is 2.32. The third-order valence-electron chi connectivity index (χ3n) is 4.33. The lowest BCUT2D eigenvalue weighted by Crippen LogP contribution is -2.32. The minimum absolute atomic E-state index is 0.115. The third-order valence-corrected chi connectivity index (χ3v) is 4.92. The van der Waals surface area contributed by atoms with E-state index in [4.69, 9.17) is 32.7 Å². The zero-order valence-corrected chi connectivity index (χ0v) is 19.5. The first-order valence-electron chi connectivity index (χ1n) is 10.1. The van der Waals surface area contributed by atoms with Crippen molar-refractivity contribution in [3.05, 3.63) is 87.7 Å². The minimum Gasteiger partial charge on any atom is -0.490 e. The van der Waals surface area contributed by atoms with E-state index in [0.717, 1.165) is 0 Å². The molecule has 0 aromatic heterocycles. The first-order valence-corrected chi connectivity index (χ1v) is 10.8. The topological polar surface area (TPSA) is 89.0 Å². The zero-order chi connectivity index (χ0) is 24.5. The highest BCUT2D eigenvalue weighted by Crippen LogP contribution is 2.30. The van der Waals surface area contributed by atoms with Gasteiger partial charge in [0.2, 0.25) is 0 Å². The Morgan fingerprint density at radius 1 is 1.00 bits per heavy atom. The Hall–Kier alpha value is -3.62. The van der Waals surface area contributed by atoms with Crippen molar-refractivity contribution in [1.82, 2.24) is 5.43 Å². The first kappa shape index (κ1) is 25.0. The fraction of sp³-hybridized carbons (Fsp3) is 0.125. The summed E-state index contributed by atoms with van der Waals surface area (Å²) in [5.74, 6) is -1.38. The molecule has 3 rings (SSSR count). The molecule has 0 saturated carbocycles. The largest absolute Gasteiger partial charge is 0.490 e. The average molecular weight is 504 g/mol.